The van der Waals surface area contributed by atoms with Gasteiger partial charge in [0.05, 0.1) is 5.56 Å². The van der Waals surface area contributed by atoms with Crippen LogP contribution in [-0.2, 0) is 0 Å². The first kappa shape index (κ1) is 8.45. The Balaban J connectivity index is 3.23. The molecule has 1 aromatic carbocycles. The van der Waals surface area contributed by atoms with Crippen molar-refractivity contribution in [1.29, 1.82) is 0 Å². The van der Waals surface area contributed by atoms with Crippen molar-refractivity contribution in [3.8, 4) is 0 Å². The number of carboxylic acids is 1. The number of hydrogen-bond acceptors (Lipinski definition) is 1. The van der Waals surface area contributed by atoms with Crippen molar-refractivity contribution in [2.45, 2.75) is 0 Å². The van der Waals surface area contributed by atoms with Gasteiger partial charge >= 0.3 is 5.97 Å². The molecule has 1 aromatic rings. The van der Waals surface area contributed by atoms with Crippen LogP contribution in [-0.4, -0.2) is 11.1 Å². The summed E-state index contributed by atoms with van der Waals surface area (Å²) in [4.78, 5) is 10.3. The number of carbonyl (C=O) groups is 1. The molecule has 0 saturated heterocycles. The minimum absolute atomic E-state index is 0.281. The van der Waals surface area contributed by atoms with Crippen molar-refractivity contribution in [2.75, 3.05) is 0 Å². The summed E-state index contributed by atoms with van der Waals surface area (Å²) in [7, 11) is 0. The minimum Gasteiger partial charge on any atom is -0.478 e. The van der Waals surface area contributed by atoms with Gasteiger partial charge in [-0.25, -0.2) is 9.18 Å². The molecule has 0 spiro atoms. The Morgan fingerprint density at radius 3 is 2.64 bits per heavy atom. The fourth-order valence-corrected chi connectivity index (χ4v) is 1.15. The molecule has 0 aromatic heterocycles. The smallest absolute Gasteiger partial charge is 0.338 e. The summed E-state index contributed by atoms with van der Waals surface area (Å²) in [6.07, 6.45) is 0. The first-order valence-electron chi connectivity index (χ1n) is 2.79. The zero-order valence-electron chi connectivity index (χ0n) is 5.34. The number of aromatic carboxylic acids is 1. The lowest BCUT2D eigenvalue weighted by Crippen LogP contribution is -2.00. The third-order valence-electron chi connectivity index (χ3n) is 1.16. The Bertz CT molecular complexity index is 298. The molecule has 0 radical (unpaired) electrons. The van der Waals surface area contributed by atoms with Crippen molar-refractivity contribution in [2.24, 2.45) is 0 Å². The van der Waals surface area contributed by atoms with Crippen molar-refractivity contribution < 1.29 is 14.3 Å². The quantitative estimate of drug-likeness (QED) is 0.795. The average molecular weight is 272 g/mol. The van der Waals surface area contributed by atoms with E-state index in [4.69, 9.17) is 5.11 Å². The highest BCUT2D eigenvalue weighted by molar-refractivity contribution is 14.1. The van der Waals surface area contributed by atoms with Gasteiger partial charge in [-0.2, -0.15) is 0 Å². The van der Waals surface area contributed by atoms with E-state index in [-0.39, 0.29) is 5.56 Å². The summed E-state index contributed by atoms with van der Waals surface area (Å²) in [6.45, 7) is 0. The van der Waals surface area contributed by atoms with Crippen LogP contribution in [0.3, 0.4) is 0 Å². The van der Waals surface area contributed by atoms with Crippen LogP contribution in [0.1, 0.15) is 10.4 Å². The highest BCUT2D eigenvalue weighted by Gasteiger charge is 2.08. The number of benzene rings is 1. The zero-order chi connectivity index (χ0) is 8.43. The molecular formula is C7H4FIO2. The first-order valence-corrected chi connectivity index (χ1v) is 3.87. The topological polar surface area (TPSA) is 37.3 Å². The average Bonchev–Trinajstić information content (AvgIpc) is 1.94. The number of hydrogen-bond donors (Lipinski definition) is 1. The Kier molecular flexibility index (Phi) is 2.43. The molecule has 4 heteroatoms. The first-order chi connectivity index (χ1) is 5.11. The number of carboxylic acid groups (broad SMARTS) is 1. The maximum atomic E-state index is 12.6. The lowest BCUT2D eigenvalue weighted by molar-refractivity contribution is 0.0692. The largest absolute Gasteiger partial charge is 0.478 e. The van der Waals surface area contributed by atoms with Crippen LogP contribution in [0.15, 0.2) is 18.2 Å². The van der Waals surface area contributed by atoms with E-state index in [1.165, 1.54) is 12.1 Å². The molecule has 0 bridgehead atoms. The van der Waals surface area contributed by atoms with E-state index in [9.17, 15) is 9.18 Å². The summed E-state index contributed by atoms with van der Waals surface area (Å²) < 4.78 is 13.3. The summed E-state index contributed by atoms with van der Waals surface area (Å²) in [5.74, 6) is -1.93. The van der Waals surface area contributed by atoms with Gasteiger partial charge in [0.15, 0.2) is 0 Å². The van der Waals surface area contributed by atoms with E-state index >= 15 is 0 Å². The molecular weight excluding hydrogens is 268 g/mol. The predicted molar refractivity (Wildman–Crippen MR) is 46.1 cm³/mol. The van der Waals surface area contributed by atoms with Gasteiger partial charge in [0.2, 0.25) is 0 Å². The summed E-state index contributed by atoms with van der Waals surface area (Å²) >= 11 is 1.93. The highest BCUT2D eigenvalue weighted by atomic mass is 127. The molecule has 2 nitrogen and oxygen atoms in total. The van der Waals surface area contributed by atoms with E-state index in [0.29, 0.717) is 3.57 Å². The Morgan fingerprint density at radius 2 is 2.18 bits per heavy atom. The Labute approximate surface area is 76.2 Å². The zero-order valence-corrected chi connectivity index (χ0v) is 7.50. The highest BCUT2D eigenvalue weighted by Crippen LogP contribution is 2.11. The molecule has 0 atom stereocenters. The molecule has 11 heavy (non-hydrogen) atoms. The van der Waals surface area contributed by atoms with E-state index in [2.05, 4.69) is 0 Å². The van der Waals surface area contributed by atoms with Crippen LogP contribution in [0.4, 0.5) is 4.39 Å². The maximum Gasteiger partial charge on any atom is 0.338 e. The number of halogens is 2. The van der Waals surface area contributed by atoms with Crippen LogP contribution in [0.25, 0.3) is 0 Å². The summed E-state index contributed by atoms with van der Waals surface area (Å²) in [5.41, 5.74) is -0.281. The standard InChI is InChI=1S/C7H4FIO2/c8-6-2-1-4(9)3-5(6)7(10)11/h1-3H,(H,10,11)/i1+1,2+1,3+1,4+1,5+1,6+1. The van der Waals surface area contributed by atoms with Gasteiger partial charge in [0.1, 0.15) is 5.82 Å². The van der Waals surface area contributed by atoms with Gasteiger partial charge in [-0.1, -0.05) is 0 Å². The second-order valence-electron chi connectivity index (χ2n) is 1.93. The van der Waals surface area contributed by atoms with Gasteiger partial charge in [-0.15, -0.1) is 0 Å². The molecule has 58 valence electrons. The molecule has 0 saturated carbocycles. The SMILES string of the molecule is O=C(O)[13c]1[13cH][13c](I)[13cH][13cH][13c]1F. The fourth-order valence-electron chi connectivity index (χ4n) is 0.661. The molecule has 0 unspecified atom stereocenters. The van der Waals surface area contributed by atoms with Crippen molar-refractivity contribution in [3.05, 3.63) is 33.1 Å². The fraction of sp³-hybridized carbons (Fsp3) is 0. The molecule has 0 amide bonds. The van der Waals surface area contributed by atoms with Crippen LogP contribution in [0.2, 0.25) is 0 Å². The van der Waals surface area contributed by atoms with Gasteiger partial charge in [0.25, 0.3) is 0 Å². The van der Waals surface area contributed by atoms with Gasteiger partial charge < -0.3 is 5.11 Å². The van der Waals surface area contributed by atoms with E-state index in [1.54, 1.807) is 0 Å². The van der Waals surface area contributed by atoms with E-state index < -0.39 is 11.8 Å². The normalized spacial score (nSPS) is 9.64. The molecule has 0 heterocycles. The number of rotatable bonds is 1. The van der Waals surface area contributed by atoms with Crippen molar-refractivity contribution in [1.82, 2.24) is 0 Å². The maximum absolute atomic E-state index is 12.6. The monoisotopic (exact) mass is 272 g/mol. The van der Waals surface area contributed by atoms with E-state index in [1.807, 2.05) is 22.6 Å². The predicted octanol–water partition coefficient (Wildman–Crippen LogP) is 2.13. The van der Waals surface area contributed by atoms with Crippen molar-refractivity contribution in [3.63, 3.8) is 0 Å². The molecule has 0 aliphatic heterocycles. The van der Waals surface area contributed by atoms with Crippen LogP contribution in [0, 0.1) is 9.39 Å². The molecule has 1 rings (SSSR count). The van der Waals surface area contributed by atoms with Crippen LogP contribution < -0.4 is 0 Å². The second-order valence-corrected chi connectivity index (χ2v) is 3.17. The second kappa shape index (κ2) is 3.17. The lowest BCUT2D eigenvalue weighted by atomic mass is 10.9. The summed E-state index contributed by atoms with van der Waals surface area (Å²) in [6, 6.07) is 3.95. The Hall–Kier alpha value is -0.650. The van der Waals surface area contributed by atoms with Gasteiger partial charge in [-0.3, -0.25) is 0 Å². The van der Waals surface area contributed by atoms with Gasteiger partial charge in [-0.05, 0) is 40.8 Å². The van der Waals surface area contributed by atoms with Crippen molar-refractivity contribution >= 4 is 28.6 Å². The molecule has 0 aliphatic rings. The van der Waals surface area contributed by atoms with Crippen LogP contribution in [0.5, 0.6) is 0 Å². The molecule has 0 fully saturated rings. The third-order valence-corrected chi connectivity index (χ3v) is 1.83. The van der Waals surface area contributed by atoms with E-state index in [0.717, 1.165) is 6.07 Å². The van der Waals surface area contributed by atoms with Gasteiger partial charge in [0, 0.05) is 3.57 Å². The molecule has 0 aliphatic carbocycles. The van der Waals surface area contributed by atoms with Crippen LogP contribution >= 0.6 is 22.6 Å². The third kappa shape index (κ3) is 1.89. The molecule has 1 N–H and O–H groups in total. The lowest BCUT2D eigenvalue weighted by Gasteiger charge is -1.96. The summed E-state index contributed by atoms with van der Waals surface area (Å²) in [5, 5.41) is 8.45. The minimum atomic E-state index is -1.24. The Morgan fingerprint density at radius 1 is 1.55 bits per heavy atom.